The molecule has 0 aliphatic carbocycles. The maximum atomic E-state index is 10.2. The molecule has 2 N–H and O–H groups in total. The number of hydrogen-bond acceptors (Lipinski definition) is 5. The highest BCUT2D eigenvalue weighted by atomic mass is 16.5. The van der Waals surface area contributed by atoms with E-state index >= 15 is 0 Å². The Labute approximate surface area is 160 Å². The highest BCUT2D eigenvalue weighted by Gasteiger charge is 2.12. The highest BCUT2D eigenvalue weighted by Crippen LogP contribution is 2.32. The van der Waals surface area contributed by atoms with Crippen molar-refractivity contribution in [1.82, 2.24) is 10.3 Å². The fourth-order valence-corrected chi connectivity index (χ4v) is 2.80. The van der Waals surface area contributed by atoms with E-state index in [0.29, 0.717) is 18.3 Å². The molecule has 0 unspecified atom stereocenters. The largest absolute Gasteiger partial charge is 0.497 e. The molecule has 142 valence electrons. The second kappa shape index (κ2) is 8.84. The van der Waals surface area contributed by atoms with Crippen LogP contribution in [0.3, 0.4) is 0 Å². The first-order chi connectivity index (χ1) is 13.1. The van der Waals surface area contributed by atoms with Gasteiger partial charge in [0.25, 0.3) is 0 Å². The van der Waals surface area contributed by atoms with Gasteiger partial charge in [0.1, 0.15) is 24.2 Å². The minimum atomic E-state index is -0.589. The molecule has 3 rings (SSSR count). The molecule has 0 aliphatic heterocycles. The average molecular weight is 366 g/mol. The van der Waals surface area contributed by atoms with Crippen molar-refractivity contribution in [1.29, 1.82) is 0 Å². The van der Waals surface area contributed by atoms with Gasteiger partial charge in [-0.1, -0.05) is 44.2 Å². The molecule has 0 bridgehead atoms. The summed E-state index contributed by atoms with van der Waals surface area (Å²) in [5, 5.41) is 14.3. The van der Waals surface area contributed by atoms with Gasteiger partial charge >= 0.3 is 0 Å². The van der Waals surface area contributed by atoms with Gasteiger partial charge < -0.3 is 19.9 Å². The predicted octanol–water partition coefficient (Wildman–Crippen LogP) is 3.65. The van der Waals surface area contributed by atoms with Crippen molar-refractivity contribution in [2.24, 2.45) is 0 Å². The van der Waals surface area contributed by atoms with Gasteiger partial charge in [-0.2, -0.15) is 0 Å². The van der Waals surface area contributed by atoms with Gasteiger partial charge in [0.2, 0.25) is 0 Å². The summed E-state index contributed by atoms with van der Waals surface area (Å²) in [6.07, 6.45) is -0.589. The van der Waals surface area contributed by atoms with E-state index in [1.165, 1.54) is 0 Å². The summed E-state index contributed by atoms with van der Waals surface area (Å²) < 4.78 is 11.3. The zero-order chi connectivity index (χ0) is 19.2. The molecule has 1 atom stereocenters. The second-order valence-electron chi connectivity index (χ2n) is 6.78. The number of hydrogen-bond donors (Lipinski definition) is 2. The third kappa shape index (κ3) is 4.96. The number of pyridine rings is 1. The number of aromatic nitrogens is 1. The van der Waals surface area contributed by atoms with Crippen molar-refractivity contribution in [3.63, 3.8) is 0 Å². The summed E-state index contributed by atoms with van der Waals surface area (Å²) >= 11 is 0. The number of benzene rings is 2. The van der Waals surface area contributed by atoms with Crippen LogP contribution in [0.5, 0.6) is 11.5 Å². The van der Waals surface area contributed by atoms with Crippen LogP contribution in [-0.4, -0.2) is 42.5 Å². The van der Waals surface area contributed by atoms with Crippen LogP contribution in [0.1, 0.15) is 13.8 Å². The van der Waals surface area contributed by atoms with E-state index < -0.39 is 6.10 Å². The standard InChI is InChI=1S/C22H26N2O3/c1-15(2)23-13-17(25)14-27-22-12-20(16-7-5-4-6-8-16)24-21-11-18(26-3)9-10-19(21)22/h4-12,15,17,23,25H,13-14H2,1-3H3/t17-/m0/s1. The molecule has 5 heteroatoms. The van der Waals surface area contributed by atoms with Crippen molar-refractivity contribution < 1.29 is 14.6 Å². The van der Waals surface area contributed by atoms with Crippen molar-refractivity contribution >= 4 is 10.9 Å². The summed E-state index contributed by atoms with van der Waals surface area (Å²) in [6, 6.07) is 17.9. The van der Waals surface area contributed by atoms with E-state index in [0.717, 1.165) is 27.9 Å². The zero-order valence-electron chi connectivity index (χ0n) is 16.0. The molecule has 5 nitrogen and oxygen atoms in total. The topological polar surface area (TPSA) is 63.6 Å². The van der Waals surface area contributed by atoms with E-state index in [9.17, 15) is 5.11 Å². The van der Waals surface area contributed by atoms with Crippen LogP contribution < -0.4 is 14.8 Å². The van der Waals surface area contributed by atoms with E-state index in [2.05, 4.69) is 5.32 Å². The van der Waals surface area contributed by atoms with Crippen LogP contribution >= 0.6 is 0 Å². The Bertz CT molecular complexity index is 881. The summed E-state index contributed by atoms with van der Waals surface area (Å²) in [6.45, 7) is 4.78. The molecule has 0 amide bonds. The maximum Gasteiger partial charge on any atom is 0.131 e. The normalized spacial score (nSPS) is 12.3. The van der Waals surface area contributed by atoms with Crippen molar-refractivity contribution in [3.05, 3.63) is 54.6 Å². The molecule has 0 aliphatic rings. The summed E-state index contributed by atoms with van der Waals surface area (Å²) in [5.41, 5.74) is 2.62. The molecule has 0 spiro atoms. The average Bonchev–Trinajstić information content (AvgIpc) is 2.70. The van der Waals surface area contributed by atoms with Crippen LogP contribution in [0.15, 0.2) is 54.6 Å². The molecule has 0 radical (unpaired) electrons. The van der Waals surface area contributed by atoms with Crippen molar-refractivity contribution in [2.75, 3.05) is 20.3 Å². The lowest BCUT2D eigenvalue weighted by Crippen LogP contribution is -2.35. The molecule has 27 heavy (non-hydrogen) atoms. The smallest absolute Gasteiger partial charge is 0.131 e. The lowest BCUT2D eigenvalue weighted by molar-refractivity contribution is 0.105. The second-order valence-corrected chi connectivity index (χ2v) is 6.78. The van der Waals surface area contributed by atoms with E-state index in [1.807, 2.05) is 68.4 Å². The molecule has 0 saturated carbocycles. The maximum absolute atomic E-state index is 10.2. The first-order valence-electron chi connectivity index (χ1n) is 9.15. The lowest BCUT2D eigenvalue weighted by atomic mass is 10.1. The Hall–Kier alpha value is -2.63. The number of nitrogens with one attached hydrogen (secondary N) is 1. The Kier molecular flexibility index (Phi) is 6.27. The van der Waals surface area contributed by atoms with E-state index in [1.54, 1.807) is 7.11 Å². The van der Waals surface area contributed by atoms with Gasteiger partial charge in [0, 0.05) is 35.7 Å². The Morgan fingerprint density at radius 3 is 2.56 bits per heavy atom. The molecule has 1 aromatic heterocycles. The van der Waals surface area contributed by atoms with Crippen LogP contribution in [0.2, 0.25) is 0 Å². The number of aliphatic hydroxyl groups excluding tert-OH is 1. The number of fused-ring (bicyclic) bond motifs is 1. The van der Waals surface area contributed by atoms with Gasteiger partial charge in [-0.25, -0.2) is 4.98 Å². The van der Waals surface area contributed by atoms with Gasteiger partial charge in [-0.15, -0.1) is 0 Å². The molecular formula is C22H26N2O3. The lowest BCUT2D eigenvalue weighted by Gasteiger charge is -2.17. The fraction of sp³-hybridized carbons (Fsp3) is 0.318. The van der Waals surface area contributed by atoms with E-state index in [4.69, 9.17) is 14.5 Å². The Morgan fingerprint density at radius 2 is 1.85 bits per heavy atom. The summed E-state index contributed by atoms with van der Waals surface area (Å²) in [5.74, 6) is 1.44. The Morgan fingerprint density at radius 1 is 1.07 bits per heavy atom. The highest BCUT2D eigenvalue weighted by molar-refractivity contribution is 5.89. The first-order valence-corrected chi connectivity index (χ1v) is 9.15. The van der Waals surface area contributed by atoms with Gasteiger partial charge in [-0.3, -0.25) is 0 Å². The number of methoxy groups -OCH3 is 1. The quantitative estimate of drug-likeness (QED) is 0.637. The van der Waals surface area contributed by atoms with Crippen LogP contribution in [0, 0.1) is 0 Å². The molecule has 2 aromatic carbocycles. The van der Waals surface area contributed by atoms with Gasteiger partial charge in [-0.05, 0) is 12.1 Å². The predicted molar refractivity (Wildman–Crippen MR) is 108 cm³/mol. The van der Waals surface area contributed by atoms with Gasteiger partial charge in [0.15, 0.2) is 0 Å². The number of ether oxygens (including phenoxy) is 2. The minimum absolute atomic E-state index is 0.207. The number of nitrogens with zero attached hydrogens (tertiary/aromatic N) is 1. The molecule has 1 heterocycles. The van der Waals surface area contributed by atoms with Crippen LogP contribution in [0.4, 0.5) is 0 Å². The van der Waals surface area contributed by atoms with Crippen molar-refractivity contribution in [2.45, 2.75) is 26.0 Å². The molecule has 3 aromatic rings. The van der Waals surface area contributed by atoms with Crippen LogP contribution in [0.25, 0.3) is 22.2 Å². The molecular weight excluding hydrogens is 340 g/mol. The summed E-state index contributed by atoms with van der Waals surface area (Å²) in [7, 11) is 1.64. The summed E-state index contributed by atoms with van der Waals surface area (Å²) in [4.78, 5) is 4.77. The number of aliphatic hydroxyl groups is 1. The number of rotatable bonds is 8. The molecule has 0 saturated heterocycles. The third-order valence-electron chi connectivity index (χ3n) is 4.24. The van der Waals surface area contributed by atoms with E-state index in [-0.39, 0.29) is 6.61 Å². The Balaban J connectivity index is 1.92. The zero-order valence-corrected chi connectivity index (χ0v) is 16.0. The van der Waals surface area contributed by atoms with Crippen molar-refractivity contribution in [3.8, 4) is 22.8 Å². The minimum Gasteiger partial charge on any atom is -0.497 e. The van der Waals surface area contributed by atoms with Gasteiger partial charge in [0.05, 0.1) is 18.3 Å². The van der Waals surface area contributed by atoms with Crippen LogP contribution in [-0.2, 0) is 0 Å². The monoisotopic (exact) mass is 366 g/mol. The third-order valence-corrected chi connectivity index (χ3v) is 4.24. The molecule has 0 fully saturated rings. The first kappa shape index (κ1) is 19.1. The fourth-order valence-electron chi connectivity index (χ4n) is 2.80. The SMILES string of the molecule is COc1ccc2c(OC[C@@H](O)CNC(C)C)cc(-c3ccccc3)nc2c1.